The summed E-state index contributed by atoms with van der Waals surface area (Å²) in [4.78, 5) is 0. The van der Waals surface area contributed by atoms with Gasteiger partial charge in [0.25, 0.3) is 0 Å². The molecule has 2 rings (SSSR count). The van der Waals surface area contributed by atoms with Gasteiger partial charge in [-0.3, -0.25) is 0 Å². The van der Waals surface area contributed by atoms with Crippen molar-refractivity contribution in [3.63, 3.8) is 0 Å². The lowest BCUT2D eigenvalue weighted by molar-refractivity contribution is 0.0642. The normalized spacial score (nSPS) is 14.7. The minimum Gasteiger partial charge on any atom is -0.406 e. The second kappa shape index (κ2) is 7.91. The van der Waals surface area contributed by atoms with Crippen LogP contribution in [0.4, 0.5) is 0 Å². The summed E-state index contributed by atoms with van der Waals surface area (Å²) in [5, 5.41) is 2.60. The molecule has 0 aliphatic rings. The molecule has 0 saturated carbocycles. The lowest BCUT2D eigenvalue weighted by atomic mass is 9.84. The molecule has 2 nitrogen and oxygen atoms in total. The van der Waals surface area contributed by atoms with Crippen molar-refractivity contribution in [3.05, 3.63) is 60.7 Å². The van der Waals surface area contributed by atoms with Crippen molar-refractivity contribution >= 4 is 19.4 Å². The van der Waals surface area contributed by atoms with E-state index in [0.29, 0.717) is 0 Å². The Labute approximate surface area is 142 Å². The molecular formula is C20H29NOSi. The highest BCUT2D eigenvalue weighted by Crippen LogP contribution is 2.26. The first-order chi connectivity index (χ1) is 10.9. The summed E-state index contributed by atoms with van der Waals surface area (Å²) in [7, 11) is -1.76. The van der Waals surface area contributed by atoms with Crippen LogP contribution in [0.3, 0.4) is 0 Å². The largest absolute Gasteiger partial charge is 0.406 e. The number of hydrogen-bond acceptors (Lipinski definition) is 2. The Morgan fingerprint density at radius 1 is 0.913 bits per heavy atom. The van der Waals surface area contributed by atoms with Crippen LogP contribution in [-0.2, 0) is 4.43 Å². The SMILES string of the molecule is CC[C@H](N)C(O[SiH](c1ccccc1)c1ccccc1)C(C)(C)C. The van der Waals surface area contributed by atoms with Crippen molar-refractivity contribution in [3.8, 4) is 0 Å². The molecule has 23 heavy (non-hydrogen) atoms. The van der Waals surface area contributed by atoms with E-state index in [2.05, 4.69) is 88.4 Å². The Morgan fingerprint density at radius 3 is 1.70 bits per heavy atom. The van der Waals surface area contributed by atoms with E-state index in [1.54, 1.807) is 0 Å². The molecule has 0 spiro atoms. The molecule has 0 aliphatic heterocycles. The summed E-state index contributed by atoms with van der Waals surface area (Å²) in [5.74, 6) is 0. The molecule has 2 N–H and O–H groups in total. The average molecular weight is 328 g/mol. The lowest BCUT2D eigenvalue weighted by Crippen LogP contribution is -2.54. The second-order valence-electron chi connectivity index (χ2n) is 7.20. The molecule has 1 unspecified atom stereocenters. The third-order valence-corrected chi connectivity index (χ3v) is 6.75. The molecular weight excluding hydrogens is 298 g/mol. The van der Waals surface area contributed by atoms with Gasteiger partial charge in [0.2, 0.25) is 9.04 Å². The van der Waals surface area contributed by atoms with Crippen LogP contribution in [0, 0.1) is 5.41 Å². The van der Waals surface area contributed by atoms with E-state index in [0.717, 1.165) is 6.42 Å². The van der Waals surface area contributed by atoms with Gasteiger partial charge in [0.05, 0.1) is 6.10 Å². The summed E-state index contributed by atoms with van der Waals surface area (Å²) in [5.41, 5.74) is 6.42. The molecule has 0 heterocycles. The van der Waals surface area contributed by atoms with Crippen LogP contribution < -0.4 is 16.1 Å². The summed E-state index contributed by atoms with van der Waals surface area (Å²) >= 11 is 0. The Hall–Kier alpha value is -1.42. The molecule has 2 aromatic rings. The Balaban J connectivity index is 2.38. The first-order valence-electron chi connectivity index (χ1n) is 8.44. The third-order valence-electron chi connectivity index (χ3n) is 4.20. The third kappa shape index (κ3) is 4.77. The molecule has 0 saturated heterocycles. The minimum absolute atomic E-state index is 0.0181. The van der Waals surface area contributed by atoms with Crippen LogP contribution in [0.2, 0.25) is 0 Å². The summed E-state index contributed by atoms with van der Waals surface area (Å²) < 4.78 is 6.75. The van der Waals surface area contributed by atoms with Gasteiger partial charge in [-0.05, 0) is 22.2 Å². The van der Waals surface area contributed by atoms with Crippen LogP contribution in [0.5, 0.6) is 0 Å². The molecule has 0 amide bonds. The van der Waals surface area contributed by atoms with Crippen molar-refractivity contribution in [1.29, 1.82) is 0 Å². The molecule has 0 aromatic heterocycles. The maximum atomic E-state index is 6.75. The molecule has 0 radical (unpaired) electrons. The minimum atomic E-state index is -1.76. The molecule has 124 valence electrons. The topological polar surface area (TPSA) is 35.2 Å². The van der Waals surface area contributed by atoms with Crippen LogP contribution in [0.15, 0.2) is 60.7 Å². The predicted molar refractivity (Wildman–Crippen MR) is 102 cm³/mol. The first-order valence-corrected chi connectivity index (χ1v) is 10.1. The molecule has 2 atom stereocenters. The van der Waals surface area contributed by atoms with Gasteiger partial charge in [-0.2, -0.15) is 0 Å². The summed E-state index contributed by atoms with van der Waals surface area (Å²) in [6.45, 7) is 8.78. The highest BCUT2D eigenvalue weighted by atomic mass is 28.3. The molecule has 0 aliphatic carbocycles. The Kier molecular flexibility index (Phi) is 6.16. The van der Waals surface area contributed by atoms with Gasteiger partial charge in [0.15, 0.2) is 0 Å². The van der Waals surface area contributed by atoms with Gasteiger partial charge in [-0.25, -0.2) is 0 Å². The molecule has 0 fully saturated rings. The van der Waals surface area contributed by atoms with E-state index in [9.17, 15) is 0 Å². The van der Waals surface area contributed by atoms with Crippen LogP contribution in [-0.4, -0.2) is 21.2 Å². The van der Waals surface area contributed by atoms with Gasteiger partial charge in [0.1, 0.15) is 0 Å². The van der Waals surface area contributed by atoms with E-state index in [4.69, 9.17) is 10.2 Å². The van der Waals surface area contributed by atoms with Gasteiger partial charge < -0.3 is 10.2 Å². The van der Waals surface area contributed by atoms with Gasteiger partial charge in [-0.1, -0.05) is 88.4 Å². The Bertz CT molecular complexity index is 540. The zero-order valence-electron chi connectivity index (χ0n) is 14.7. The highest BCUT2D eigenvalue weighted by molar-refractivity contribution is 6.80. The van der Waals surface area contributed by atoms with Crippen molar-refractivity contribution in [1.82, 2.24) is 0 Å². The summed E-state index contributed by atoms with van der Waals surface area (Å²) in [6.07, 6.45) is 0.969. The number of benzene rings is 2. The highest BCUT2D eigenvalue weighted by Gasteiger charge is 2.33. The maximum Gasteiger partial charge on any atom is 0.240 e. The van der Waals surface area contributed by atoms with Gasteiger partial charge >= 0.3 is 0 Å². The summed E-state index contributed by atoms with van der Waals surface area (Å²) in [6, 6.07) is 21.3. The fourth-order valence-electron chi connectivity index (χ4n) is 2.91. The zero-order valence-corrected chi connectivity index (χ0v) is 15.9. The smallest absolute Gasteiger partial charge is 0.240 e. The molecule has 0 bridgehead atoms. The predicted octanol–water partition coefficient (Wildman–Crippen LogP) is 2.69. The standard InChI is InChI=1S/C20H29NOSi/c1-5-18(21)19(20(2,3)4)22-23(16-12-8-6-9-13-16)17-14-10-7-11-15-17/h6-15,18-19,23H,5,21H2,1-4H3/t18-,19?/m0/s1. The fourth-order valence-corrected chi connectivity index (χ4v) is 5.66. The van der Waals surface area contributed by atoms with E-state index >= 15 is 0 Å². The monoisotopic (exact) mass is 327 g/mol. The second-order valence-corrected chi connectivity index (χ2v) is 9.56. The van der Waals surface area contributed by atoms with E-state index in [1.165, 1.54) is 10.4 Å². The lowest BCUT2D eigenvalue weighted by Gasteiger charge is -2.38. The van der Waals surface area contributed by atoms with Gasteiger partial charge in [-0.15, -0.1) is 0 Å². The van der Waals surface area contributed by atoms with Crippen LogP contribution in [0.25, 0.3) is 0 Å². The van der Waals surface area contributed by atoms with Crippen molar-refractivity contribution in [2.45, 2.75) is 46.3 Å². The number of nitrogens with two attached hydrogens (primary N) is 1. The first kappa shape index (κ1) is 17.9. The van der Waals surface area contributed by atoms with Crippen molar-refractivity contribution < 1.29 is 4.43 Å². The number of hydrogen-bond donors (Lipinski definition) is 1. The van der Waals surface area contributed by atoms with E-state index in [1.807, 2.05) is 0 Å². The van der Waals surface area contributed by atoms with Crippen molar-refractivity contribution in [2.24, 2.45) is 11.1 Å². The zero-order chi connectivity index (χ0) is 16.9. The molecule has 2 aromatic carbocycles. The van der Waals surface area contributed by atoms with E-state index < -0.39 is 9.04 Å². The van der Waals surface area contributed by atoms with Gasteiger partial charge in [0, 0.05) is 6.04 Å². The van der Waals surface area contributed by atoms with Crippen LogP contribution >= 0.6 is 0 Å². The Morgan fingerprint density at radius 2 is 1.35 bits per heavy atom. The van der Waals surface area contributed by atoms with E-state index in [-0.39, 0.29) is 17.6 Å². The maximum absolute atomic E-state index is 6.75. The quantitative estimate of drug-likeness (QED) is 0.828. The number of rotatable bonds is 6. The van der Waals surface area contributed by atoms with Crippen molar-refractivity contribution in [2.75, 3.05) is 0 Å². The average Bonchev–Trinajstić information content (AvgIpc) is 2.55. The fraction of sp³-hybridized carbons (Fsp3) is 0.400. The van der Waals surface area contributed by atoms with Crippen LogP contribution in [0.1, 0.15) is 34.1 Å². The molecule has 3 heteroatoms.